The highest BCUT2D eigenvalue weighted by Crippen LogP contribution is 2.22. The largest absolute Gasteiger partial charge is 0.377 e. The normalized spacial score (nSPS) is 29.1. The number of ether oxygens (including phenoxy) is 1. The fourth-order valence-electron chi connectivity index (χ4n) is 3.30. The van der Waals surface area contributed by atoms with Crippen LogP contribution in [-0.2, 0) is 14.8 Å². The van der Waals surface area contributed by atoms with E-state index in [1.54, 1.807) is 0 Å². The maximum atomic E-state index is 12.2. The molecular weight excluding hydrogens is 276 g/mol. The molecule has 1 aliphatic carbocycles. The Kier molecular flexibility index (Phi) is 5.84. The molecule has 2 fully saturated rings. The van der Waals surface area contributed by atoms with Crippen molar-refractivity contribution in [1.29, 1.82) is 0 Å². The Balaban J connectivity index is 1.74. The Bertz CT molecular complexity index is 393. The average Bonchev–Trinajstić information content (AvgIpc) is 2.86. The molecule has 2 atom stereocenters. The second kappa shape index (κ2) is 7.20. The zero-order valence-electron chi connectivity index (χ0n) is 12.7. The van der Waals surface area contributed by atoms with Gasteiger partial charge in [0.05, 0.1) is 6.10 Å². The van der Waals surface area contributed by atoms with Crippen molar-refractivity contribution in [3.63, 3.8) is 0 Å². The molecule has 2 aliphatic rings. The minimum atomic E-state index is -3.24. The van der Waals surface area contributed by atoms with Gasteiger partial charge >= 0.3 is 0 Å². The summed E-state index contributed by atoms with van der Waals surface area (Å²) in [4.78, 5) is 2.30. The molecule has 1 heterocycles. The molecule has 1 aliphatic heterocycles. The highest BCUT2D eigenvalue weighted by atomic mass is 32.2. The van der Waals surface area contributed by atoms with E-state index in [0.717, 1.165) is 6.54 Å². The van der Waals surface area contributed by atoms with Gasteiger partial charge in [0.1, 0.15) is 5.25 Å². The summed E-state index contributed by atoms with van der Waals surface area (Å²) in [7, 11) is -1.13. The van der Waals surface area contributed by atoms with Gasteiger partial charge in [0.2, 0.25) is 10.0 Å². The molecule has 5 nitrogen and oxygen atoms in total. The van der Waals surface area contributed by atoms with Crippen molar-refractivity contribution < 1.29 is 13.2 Å². The standard InChI is InChI=1S/C14H28N2O3S/c1-12-14(8-11-19-12)20(17,18)15-9-10-16(2)13-6-4-3-5-7-13/h12-15H,3-11H2,1-2H3/t12-,14+/m1/s1. The molecule has 0 amide bonds. The van der Waals surface area contributed by atoms with E-state index >= 15 is 0 Å². The molecule has 20 heavy (non-hydrogen) atoms. The highest BCUT2D eigenvalue weighted by Gasteiger charge is 2.35. The fraction of sp³-hybridized carbons (Fsp3) is 1.00. The molecule has 2 rings (SSSR count). The third kappa shape index (κ3) is 4.16. The second-order valence-electron chi connectivity index (χ2n) is 6.11. The van der Waals surface area contributed by atoms with Gasteiger partial charge in [-0.15, -0.1) is 0 Å². The van der Waals surface area contributed by atoms with Gasteiger partial charge in [-0.1, -0.05) is 19.3 Å². The molecule has 0 bridgehead atoms. The zero-order chi connectivity index (χ0) is 14.6. The SMILES string of the molecule is C[C@H]1OCC[C@@H]1S(=O)(=O)NCCN(C)C1CCCCC1. The van der Waals surface area contributed by atoms with Crippen molar-refractivity contribution in [3.05, 3.63) is 0 Å². The van der Waals surface area contributed by atoms with Crippen LogP contribution >= 0.6 is 0 Å². The Morgan fingerprint density at radius 2 is 1.90 bits per heavy atom. The lowest BCUT2D eigenvalue weighted by molar-refractivity contribution is 0.126. The van der Waals surface area contributed by atoms with E-state index in [-0.39, 0.29) is 11.4 Å². The van der Waals surface area contributed by atoms with Gasteiger partial charge < -0.3 is 9.64 Å². The van der Waals surface area contributed by atoms with E-state index in [0.29, 0.717) is 25.6 Å². The van der Waals surface area contributed by atoms with Crippen molar-refractivity contribution >= 4 is 10.0 Å². The second-order valence-corrected chi connectivity index (χ2v) is 8.10. The van der Waals surface area contributed by atoms with Crippen molar-refractivity contribution in [2.24, 2.45) is 0 Å². The maximum Gasteiger partial charge on any atom is 0.217 e. The van der Waals surface area contributed by atoms with Crippen molar-refractivity contribution in [1.82, 2.24) is 9.62 Å². The predicted octanol–water partition coefficient (Wildman–Crippen LogP) is 1.35. The third-order valence-corrected chi connectivity index (χ3v) is 6.69. The quantitative estimate of drug-likeness (QED) is 0.805. The number of sulfonamides is 1. The molecule has 1 N–H and O–H groups in total. The lowest BCUT2D eigenvalue weighted by Crippen LogP contribution is -2.43. The number of nitrogens with zero attached hydrogens (tertiary/aromatic N) is 1. The van der Waals surface area contributed by atoms with E-state index in [9.17, 15) is 8.42 Å². The molecule has 0 unspecified atom stereocenters. The first-order valence-corrected chi connectivity index (χ1v) is 9.35. The first kappa shape index (κ1) is 16.2. The van der Waals surface area contributed by atoms with E-state index < -0.39 is 10.0 Å². The Morgan fingerprint density at radius 3 is 2.50 bits per heavy atom. The average molecular weight is 304 g/mol. The van der Waals surface area contributed by atoms with E-state index in [4.69, 9.17) is 4.74 Å². The first-order chi connectivity index (χ1) is 9.50. The molecule has 1 saturated carbocycles. The molecule has 0 radical (unpaired) electrons. The van der Waals surface area contributed by atoms with Gasteiger partial charge in [-0.2, -0.15) is 0 Å². The van der Waals surface area contributed by atoms with Gasteiger partial charge in [-0.05, 0) is 33.2 Å². The summed E-state index contributed by atoms with van der Waals surface area (Å²) in [6, 6.07) is 0.627. The monoisotopic (exact) mass is 304 g/mol. The minimum Gasteiger partial charge on any atom is -0.377 e. The molecule has 0 spiro atoms. The summed E-state index contributed by atoms with van der Waals surface area (Å²) in [5.41, 5.74) is 0. The van der Waals surface area contributed by atoms with Crippen LogP contribution in [0.4, 0.5) is 0 Å². The molecule has 0 aromatic rings. The van der Waals surface area contributed by atoms with Crippen LogP contribution < -0.4 is 4.72 Å². The minimum absolute atomic E-state index is 0.191. The van der Waals surface area contributed by atoms with Crippen LogP contribution in [0.25, 0.3) is 0 Å². The summed E-state index contributed by atoms with van der Waals surface area (Å²) < 4.78 is 32.5. The fourth-order valence-corrected chi connectivity index (χ4v) is 4.87. The van der Waals surface area contributed by atoms with E-state index in [1.165, 1.54) is 32.1 Å². The zero-order valence-corrected chi connectivity index (χ0v) is 13.5. The first-order valence-electron chi connectivity index (χ1n) is 7.81. The predicted molar refractivity (Wildman–Crippen MR) is 80.2 cm³/mol. The number of likely N-dealkylation sites (N-methyl/N-ethyl adjacent to an activating group) is 1. The molecule has 6 heteroatoms. The summed E-state index contributed by atoms with van der Waals surface area (Å²) in [6.45, 7) is 3.67. The smallest absolute Gasteiger partial charge is 0.217 e. The van der Waals surface area contributed by atoms with Crippen LogP contribution in [-0.4, -0.2) is 57.5 Å². The molecule has 1 saturated heterocycles. The van der Waals surface area contributed by atoms with Gasteiger partial charge in [-0.25, -0.2) is 13.1 Å². The molecule has 118 valence electrons. The Hall–Kier alpha value is -0.170. The van der Waals surface area contributed by atoms with Gasteiger partial charge in [0.25, 0.3) is 0 Å². The van der Waals surface area contributed by atoms with Crippen LogP contribution in [0.3, 0.4) is 0 Å². The number of hydrogen-bond donors (Lipinski definition) is 1. The Morgan fingerprint density at radius 1 is 1.20 bits per heavy atom. The van der Waals surface area contributed by atoms with Gasteiger partial charge in [0.15, 0.2) is 0 Å². The Labute approximate surface area is 123 Å². The van der Waals surface area contributed by atoms with E-state index in [1.807, 2.05) is 6.92 Å². The number of nitrogens with one attached hydrogen (secondary N) is 1. The van der Waals surface area contributed by atoms with Crippen LogP contribution in [0, 0.1) is 0 Å². The molecular formula is C14H28N2O3S. The van der Waals surface area contributed by atoms with Crippen LogP contribution in [0.15, 0.2) is 0 Å². The van der Waals surface area contributed by atoms with Crippen molar-refractivity contribution in [2.75, 3.05) is 26.7 Å². The lowest BCUT2D eigenvalue weighted by Gasteiger charge is -2.31. The maximum absolute atomic E-state index is 12.2. The third-order valence-electron chi connectivity index (χ3n) is 4.67. The molecule has 0 aromatic carbocycles. The molecule has 0 aromatic heterocycles. The summed E-state index contributed by atoms with van der Waals surface area (Å²) in [5, 5.41) is -0.387. The van der Waals surface area contributed by atoms with Crippen LogP contribution in [0.1, 0.15) is 45.4 Å². The van der Waals surface area contributed by atoms with Gasteiger partial charge in [-0.3, -0.25) is 0 Å². The van der Waals surface area contributed by atoms with Crippen molar-refractivity contribution in [3.8, 4) is 0 Å². The number of hydrogen-bond acceptors (Lipinski definition) is 4. The van der Waals surface area contributed by atoms with Gasteiger partial charge in [0, 0.05) is 25.7 Å². The van der Waals surface area contributed by atoms with E-state index in [2.05, 4.69) is 16.7 Å². The topological polar surface area (TPSA) is 58.6 Å². The summed E-state index contributed by atoms with van der Waals surface area (Å²) in [5.74, 6) is 0. The van der Waals surface area contributed by atoms with Crippen molar-refractivity contribution in [2.45, 2.75) is 62.8 Å². The number of rotatable bonds is 6. The van der Waals surface area contributed by atoms with Crippen LogP contribution in [0.2, 0.25) is 0 Å². The van der Waals surface area contributed by atoms with Crippen LogP contribution in [0.5, 0.6) is 0 Å². The highest BCUT2D eigenvalue weighted by molar-refractivity contribution is 7.90. The summed E-state index contributed by atoms with van der Waals surface area (Å²) >= 11 is 0. The lowest BCUT2D eigenvalue weighted by atomic mass is 9.94. The summed E-state index contributed by atoms with van der Waals surface area (Å²) in [6.07, 6.45) is 6.86.